The molecule has 0 aromatic carbocycles. The monoisotopic (exact) mass is 211 g/mol. The lowest BCUT2D eigenvalue weighted by Crippen LogP contribution is -2.40. The van der Waals surface area contributed by atoms with E-state index in [1.165, 1.54) is 0 Å². The van der Waals surface area contributed by atoms with E-state index in [2.05, 4.69) is 10.1 Å². The molecule has 0 bridgehead atoms. The molecule has 0 unspecified atom stereocenters. The van der Waals surface area contributed by atoms with Crippen molar-refractivity contribution in [3.63, 3.8) is 0 Å². The number of aryl methyl sites for hydroxylation is 1. The summed E-state index contributed by atoms with van der Waals surface area (Å²) in [5, 5.41) is 12.9. The Bertz CT molecular complexity index is 355. The van der Waals surface area contributed by atoms with Gasteiger partial charge in [-0.1, -0.05) is 5.16 Å². The number of amides is 1. The first-order chi connectivity index (χ1) is 7.16. The SMILES string of the molecule is Cc1noc(C(=O)N2CCC(O)CC2)n1. The Morgan fingerprint density at radius 1 is 1.53 bits per heavy atom. The molecule has 1 aliphatic heterocycles. The van der Waals surface area contributed by atoms with Gasteiger partial charge in [-0.25, -0.2) is 0 Å². The van der Waals surface area contributed by atoms with Gasteiger partial charge in [0.15, 0.2) is 5.82 Å². The van der Waals surface area contributed by atoms with Crippen LogP contribution in [0.4, 0.5) is 0 Å². The second kappa shape index (κ2) is 3.98. The number of rotatable bonds is 1. The maximum absolute atomic E-state index is 11.8. The number of aromatic nitrogens is 2. The van der Waals surface area contributed by atoms with E-state index in [0.717, 1.165) is 0 Å². The van der Waals surface area contributed by atoms with Gasteiger partial charge in [0.25, 0.3) is 0 Å². The van der Waals surface area contributed by atoms with E-state index in [1.807, 2.05) is 0 Å². The van der Waals surface area contributed by atoms with Crippen molar-refractivity contribution in [1.29, 1.82) is 0 Å². The van der Waals surface area contributed by atoms with E-state index in [-0.39, 0.29) is 17.9 Å². The third-order valence-electron chi connectivity index (χ3n) is 2.46. The largest absolute Gasteiger partial charge is 0.393 e. The Balaban J connectivity index is 2.02. The number of aliphatic hydroxyl groups excluding tert-OH is 1. The van der Waals surface area contributed by atoms with Crippen molar-refractivity contribution in [3.05, 3.63) is 11.7 Å². The molecule has 1 aliphatic rings. The van der Waals surface area contributed by atoms with Crippen LogP contribution in [0, 0.1) is 6.92 Å². The Kier molecular flexibility index (Phi) is 2.68. The van der Waals surface area contributed by atoms with E-state index in [0.29, 0.717) is 31.8 Å². The molecule has 1 amide bonds. The molecule has 2 heterocycles. The first-order valence-corrected chi connectivity index (χ1v) is 4.94. The standard InChI is InChI=1S/C9H13N3O3/c1-6-10-8(15-11-6)9(14)12-4-2-7(13)3-5-12/h7,13H,2-5H2,1H3. The molecule has 1 aromatic heterocycles. The van der Waals surface area contributed by atoms with Crippen LogP contribution in [0.3, 0.4) is 0 Å². The Labute approximate surface area is 86.9 Å². The first kappa shape index (κ1) is 10.1. The van der Waals surface area contributed by atoms with Crippen LogP contribution in [0.1, 0.15) is 29.4 Å². The van der Waals surface area contributed by atoms with Crippen LogP contribution < -0.4 is 0 Å². The summed E-state index contributed by atoms with van der Waals surface area (Å²) < 4.78 is 4.79. The van der Waals surface area contributed by atoms with Crippen molar-refractivity contribution < 1.29 is 14.4 Å². The molecule has 1 N–H and O–H groups in total. The molecule has 0 radical (unpaired) electrons. The predicted octanol–water partition coefficient (Wildman–Crippen LogP) is -0.0251. The Morgan fingerprint density at radius 2 is 2.20 bits per heavy atom. The fraction of sp³-hybridized carbons (Fsp3) is 0.667. The molecule has 0 aliphatic carbocycles. The molecule has 1 fully saturated rings. The second-order valence-corrected chi connectivity index (χ2v) is 3.67. The highest BCUT2D eigenvalue weighted by atomic mass is 16.5. The summed E-state index contributed by atoms with van der Waals surface area (Å²) in [6.45, 7) is 2.75. The first-order valence-electron chi connectivity index (χ1n) is 4.94. The van der Waals surface area contributed by atoms with Gasteiger partial charge in [-0.3, -0.25) is 4.79 Å². The molecule has 1 saturated heterocycles. The van der Waals surface area contributed by atoms with E-state index < -0.39 is 0 Å². The summed E-state index contributed by atoms with van der Waals surface area (Å²) in [7, 11) is 0. The fourth-order valence-electron chi connectivity index (χ4n) is 1.59. The van der Waals surface area contributed by atoms with Crippen LogP contribution in [0.25, 0.3) is 0 Å². The van der Waals surface area contributed by atoms with Gasteiger partial charge >= 0.3 is 11.8 Å². The quantitative estimate of drug-likeness (QED) is 0.705. The smallest absolute Gasteiger partial charge is 0.316 e. The lowest BCUT2D eigenvalue weighted by atomic mass is 10.1. The van der Waals surface area contributed by atoms with Gasteiger partial charge < -0.3 is 14.5 Å². The van der Waals surface area contributed by atoms with Crippen molar-refractivity contribution >= 4 is 5.91 Å². The van der Waals surface area contributed by atoms with E-state index in [4.69, 9.17) is 4.52 Å². The number of carbonyl (C=O) groups excluding carboxylic acids is 1. The summed E-state index contributed by atoms with van der Waals surface area (Å²) >= 11 is 0. The highest BCUT2D eigenvalue weighted by molar-refractivity contribution is 5.89. The molecule has 0 atom stereocenters. The van der Waals surface area contributed by atoms with Crippen LogP contribution in [0.15, 0.2) is 4.52 Å². The highest BCUT2D eigenvalue weighted by Crippen LogP contribution is 2.12. The zero-order valence-electron chi connectivity index (χ0n) is 8.51. The summed E-state index contributed by atoms with van der Waals surface area (Å²) in [6.07, 6.45) is 0.927. The minimum absolute atomic E-state index is 0.0314. The second-order valence-electron chi connectivity index (χ2n) is 3.67. The molecular formula is C9H13N3O3. The van der Waals surface area contributed by atoms with Crippen molar-refractivity contribution in [2.24, 2.45) is 0 Å². The van der Waals surface area contributed by atoms with Gasteiger partial charge in [-0.15, -0.1) is 0 Å². The third-order valence-corrected chi connectivity index (χ3v) is 2.46. The average molecular weight is 211 g/mol. The zero-order chi connectivity index (χ0) is 10.8. The van der Waals surface area contributed by atoms with Crippen LogP contribution in [0.2, 0.25) is 0 Å². The van der Waals surface area contributed by atoms with Gasteiger partial charge in [0.1, 0.15) is 0 Å². The molecule has 6 nitrogen and oxygen atoms in total. The molecular weight excluding hydrogens is 198 g/mol. The number of likely N-dealkylation sites (tertiary alicyclic amines) is 1. The topological polar surface area (TPSA) is 79.5 Å². The maximum Gasteiger partial charge on any atom is 0.316 e. The summed E-state index contributed by atoms with van der Waals surface area (Å²) in [4.78, 5) is 17.3. The minimum atomic E-state index is -0.293. The summed E-state index contributed by atoms with van der Waals surface area (Å²) in [5.41, 5.74) is 0. The molecule has 6 heteroatoms. The lowest BCUT2D eigenvalue weighted by molar-refractivity contribution is 0.0505. The van der Waals surface area contributed by atoms with Gasteiger partial charge in [-0.2, -0.15) is 4.98 Å². The van der Waals surface area contributed by atoms with Crippen molar-refractivity contribution in [2.45, 2.75) is 25.9 Å². The predicted molar refractivity (Wildman–Crippen MR) is 50.2 cm³/mol. The van der Waals surface area contributed by atoms with E-state index in [9.17, 15) is 9.90 Å². The Hall–Kier alpha value is -1.43. The van der Waals surface area contributed by atoms with Crippen molar-refractivity contribution in [2.75, 3.05) is 13.1 Å². The van der Waals surface area contributed by atoms with Crippen LogP contribution >= 0.6 is 0 Å². The highest BCUT2D eigenvalue weighted by Gasteiger charge is 2.25. The normalized spacial score (nSPS) is 18.1. The molecule has 2 rings (SSSR count). The average Bonchev–Trinajstić information content (AvgIpc) is 2.65. The number of aliphatic hydroxyl groups is 1. The maximum atomic E-state index is 11.8. The van der Waals surface area contributed by atoms with Crippen molar-refractivity contribution in [1.82, 2.24) is 15.0 Å². The molecule has 0 saturated carbocycles. The number of hydrogen-bond acceptors (Lipinski definition) is 5. The third kappa shape index (κ3) is 2.15. The van der Waals surface area contributed by atoms with Gasteiger partial charge in [0.2, 0.25) is 0 Å². The van der Waals surface area contributed by atoms with Crippen LogP contribution in [-0.2, 0) is 0 Å². The zero-order valence-corrected chi connectivity index (χ0v) is 8.51. The molecule has 0 spiro atoms. The molecule has 1 aromatic rings. The molecule has 82 valence electrons. The van der Waals surface area contributed by atoms with Crippen LogP contribution in [0.5, 0.6) is 0 Å². The van der Waals surface area contributed by atoms with Gasteiger partial charge in [0.05, 0.1) is 6.10 Å². The number of nitrogens with zero attached hydrogens (tertiary/aromatic N) is 3. The number of piperidine rings is 1. The summed E-state index contributed by atoms with van der Waals surface area (Å²) in [6, 6.07) is 0. The Morgan fingerprint density at radius 3 is 2.73 bits per heavy atom. The van der Waals surface area contributed by atoms with E-state index >= 15 is 0 Å². The summed E-state index contributed by atoms with van der Waals surface area (Å²) in [5.74, 6) is 0.238. The lowest BCUT2D eigenvalue weighted by Gasteiger charge is -2.28. The van der Waals surface area contributed by atoms with E-state index in [1.54, 1.807) is 11.8 Å². The number of hydrogen-bond donors (Lipinski definition) is 1. The fourth-order valence-corrected chi connectivity index (χ4v) is 1.59. The van der Waals surface area contributed by atoms with Crippen LogP contribution in [-0.4, -0.2) is 45.2 Å². The minimum Gasteiger partial charge on any atom is -0.393 e. The number of carbonyl (C=O) groups is 1. The van der Waals surface area contributed by atoms with Gasteiger partial charge in [-0.05, 0) is 19.8 Å². The van der Waals surface area contributed by atoms with Gasteiger partial charge in [0, 0.05) is 13.1 Å². The van der Waals surface area contributed by atoms with Crippen molar-refractivity contribution in [3.8, 4) is 0 Å². The molecule has 15 heavy (non-hydrogen) atoms.